The lowest BCUT2D eigenvalue weighted by molar-refractivity contribution is 0.0714. The molecule has 4 nitrogen and oxygen atoms in total. The summed E-state index contributed by atoms with van der Waals surface area (Å²) in [5.41, 5.74) is 5.99. The van der Waals surface area contributed by atoms with Gasteiger partial charge in [-0.15, -0.1) is 0 Å². The van der Waals surface area contributed by atoms with E-state index in [0.717, 1.165) is 38.3 Å². The van der Waals surface area contributed by atoms with E-state index in [9.17, 15) is 4.79 Å². The summed E-state index contributed by atoms with van der Waals surface area (Å²) in [7, 11) is 0. The predicted octanol–water partition coefficient (Wildman–Crippen LogP) is 1.55. The minimum atomic E-state index is 0.0404. The minimum Gasteiger partial charge on any atom is -0.335 e. The van der Waals surface area contributed by atoms with E-state index < -0.39 is 0 Å². The molecule has 98 valence electrons. The second-order valence-corrected chi connectivity index (χ2v) is 6.34. The lowest BCUT2D eigenvalue weighted by Gasteiger charge is -2.51. The first-order chi connectivity index (χ1) is 7.91. The van der Waals surface area contributed by atoms with Crippen molar-refractivity contribution < 1.29 is 4.79 Å². The van der Waals surface area contributed by atoms with Crippen molar-refractivity contribution in [3.05, 3.63) is 0 Å². The minimum absolute atomic E-state index is 0.0404. The third-order valence-electron chi connectivity index (χ3n) is 4.71. The molecule has 0 radical (unpaired) electrons. The van der Waals surface area contributed by atoms with Crippen molar-refractivity contribution in [1.29, 1.82) is 0 Å². The van der Waals surface area contributed by atoms with Crippen molar-refractivity contribution in [3.8, 4) is 0 Å². The van der Waals surface area contributed by atoms with Gasteiger partial charge in [-0.05, 0) is 25.2 Å². The number of carbonyl (C=O) groups excluding carboxylic acids is 1. The molecule has 3 N–H and O–H groups in total. The summed E-state index contributed by atoms with van der Waals surface area (Å²) in [6.07, 6.45) is 3.16. The van der Waals surface area contributed by atoms with Gasteiger partial charge in [-0.25, -0.2) is 4.79 Å². The number of urea groups is 1. The van der Waals surface area contributed by atoms with Gasteiger partial charge in [-0.2, -0.15) is 0 Å². The predicted molar refractivity (Wildman–Crippen MR) is 68.7 cm³/mol. The topological polar surface area (TPSA) is 58.4 Å². The molecule has 0 bridgehead atoms. The highest BCUT2D eigenvalue weighted by atomic mass is 16.2. The third kappa shape index (κ3) is 2.41. The van der Waals surface area contributed by atoms with E-state index in [-0.39, 0.29) is 23.5 Å². The molecule has 1 heterocycles. The Morgan fingerprint density at radius 2 is 1.94 bits per heavy atom. The summed E-state index contributed by atoms with van der Waals surface area (Å²) in [5.74, 6) is 0.757. The van der Waals surface area contributed by atoms with Crippen LogP contribution in [0.5, 0.6) is 0 Å². The molecule has 2 atom stereocenters. The molecule has 4 heteroatoms. The van der Waals surface area contributed by atoms with Crippen molar-refractivity contribution in [1.82, 2.24) is 10.2 Å². The molecule has 2 fully saturated rings. The zero-order valence-electron chi connectivity index (χ0n) is 11.2. The Balaban J connectivity index is 1.82. The number of nitrogens with two attached hydrogens (primary N) is 1. The number of hydrogen-bond donors (Lipinski definition) is 2. The fraction of sp³-hybridized carbons (Fsp3) is 0.923. The Kier molecular flexibility index (Phi) is 3.34. The highest BCUT2D eigenvalue weighted by molar-refractivity contribution is 5.75. The number of amides is 2. The van der Waals surface area contributed by atoms with Crippen LogP contribution in [0.1, 0.15) is 40.0 Å². The number of rotatable bonds is 1. The van der Waals surface area contributed by atoms with Gasteiger partial charge >= 0.3 is 6.03 Å². The van der Waals surface area contributed by atoms with E-state index in [1.807, 2.05) is 4.90 Å². The maximum absolute atomic E-state index is 12.1. The van der Waals surface area contributed by atoms with Crippen LogP contribution in [-0.4, -0.2) is 36.1 Å². The van der Waals surface area contributed by atoms with E-state index in [1.165, 1.54) is 0 Å². The molecule has 2 rings (SSSR count). The summed E-state index contributed by atoms with van der Waals surface area (Å²) in [5, 5.41) is 3.13. The van der Waals surface area contributed by atoms with Gasteiger partial charge in [0.2, 0.25) is 0 Å². The smallest absolute Gasteiger partial charge is 0.317 e. The fourth-order valence-corrected chi connectivity index (χ4v) is 2.66. The highest BCUT2D eigenvalue weighted by Crippen LogP contribution is 2.39. The van der Waals surface area contributed by atoms with E-state index >= 15 is 0 Å². The van der Waals surface area contributed by atoms with E-state index in [2.05, 4.69) is 26.1 Å². The molecule has 1 saturated carbocycles. The highest BCUT2D eigenvalue weighted by Gasteiger charge is 2.47. The number of hydrogen-bond acceptors (Lipinski definition) is 2. The van der Waals surface area contributed by atoms with Gasteiger partial charge < -0.3 is 16.0 Å². The Hall–Kier alpha value is -0.770. The molecular formula is C13H25N3O. The Morgan fingerprint density at radius 3 is 2.41 bits per heavy atom. The average Bonchev–Trinajstić information content (AvgIpc) is 2.29. The normalized spacial score (nSPS) is 33.1. The van der Waals surface area contributed by atoms with Gasteiger partial charge in [0, 0.05) is 30.6 Å². The molecule has 2 amide bonds. The van der Waals surface area contributed by atoms with Gasteiger partial charge in [-0.1, -0.05) is 20.8 Å². The van der Waals surface area contributed by atoms with Crippen molar-refractivity contribution >= 4 is 6.03 Å². The van der Waals surface area contributed by atoms with Gasteiger partial charge in [0.25, 0.3) is 0 Å². The molecule has 2 unspecified atom stereocenters. The zero-order valence-corrected chi connectivity index (χ0v) is 11.2. The van der Waals surface area contributed by atoms with Crippen LogP contribution in [0.2, 0.25) is 0 Å². The number of likely N-dealkylation sites (tertiary alicyclic amines) is 1. The molecule has 1 saturated heterocycles. The lowest BCUT2D eigenvalue weighted by atomic mass is 9.63. The maximum Gasteiger partial charge on any atom is 0.317 e. The molecular weight excluding hydrogens is 214 g/mol. The largest absolute Gasteiger partial charge is 0.335 e. The van der Waals surface area contributed by atoms with E-state index in [1.54, 1.807) is 0 Å². The number of piperidine rings is 1. The van der Waals surface area contributed by atoms with Crippen LogP contribution < -0.4 is 11.1 Å². The van der Waals surface area contributed by atoms with Gasteiger partial charge in [-0.3, -0.25) is 0 Å². The summed E-state index contributed by atoms with van der Waals surface area (Å²) in [6.45, 7) is 8.30. The van der Waals surface area contributed by atoms with Crippen LogP contribution in [-0.2, 0) is 0 Å². The Labute approximate surface area is 104 Å². The van der Waals surface area contributed by atoms with Crippen molar-refractivity contribution in [3.63, 3.8) is 0 Å². The van der Waals surface area contributed by atoms with Crippen molar-refractivity contribution in [2.24, 2.45) is 17.1 Å². The standard InChI is InChI=1S/C13H25N3O/c1-9-4-6-16(7-5-9)12(17)15-11-8-10(14)13(11,2)3/h9-11H,4-8,14H2,1-3H3,(H,15,17). The van der Waals surface area contributed by atoms with Crippen molar-refractivity contribution in [2.45, 2.75) is 52.1 Å². The van der Waals surface area contributed by atoms with Crippen LogP contribution in [0.3, 0.4) is 0 Å². The van der Waals surface area contributed by atoms with Crippen LogP contribution in [0.4, 0.5) is 4.79 Å². The first-order valence-electron chi connectivity index (χ1n) is 6.72. The first kappa shape index (κ1) is 12.7. The van der Waals surface area contributed by atoms with Gasteiger partial charge in [0.05, 0.1) is 0 Å². The zero-order chi connectivity index (χ0) is 12.6. The van der Waals surface area contributed by atoms with Gasteiger partial charge in [0.15, 0.2) is 0 Å². The molecule has 0 aromatic heterocycles. The van der Waals surface area contributed by atoms with Crippen LogP contribution in [0.15, 0.2) is 0 Å². The van der Waals surface area contributed by atoms with Crippen LogP contribution in [0, 0.1) is 11.3 Å². The summed E-state index contributed by atoms with van der Waals surface area (Å²) in [4.78, 5) is 14.0. The van der Waals surface area contributed by atoms with E-state index in [4.69, 9.17) is 5.73 Å². The van der Waals surface area contributed by atoms with E-state index in [0.29, 0.717) is 0 Å². The van der Waals surface area contributed by atoms with Gasteiger partial charge in [0.1, 0.15) is 0 Å². The SMILES string of the molecule is CC1CCN(C(=O)NC2CC(N)C2(C)C)CC1. The third-order valence-corrected chi connectivity index (χ3v) is 4.71. The summed E-state index contributed by atoms with van der Waals surface area (Å²) in [6, 6.07) is 0.556. The Bertz CT molecular complexity index is 295. The molecule has 1 aliphatic carbocycles. The molecule has 2 aliphatic rings. The maximum atomic E-state index is 12.1. The molecule has 0 spiro atoms. The molecule has 0 aromatic carbocycles. The number of nitrogens with zero attached hydrogens (tertiary/aromatic N) is 1. The molecule has 1 aliphatic heterocycles. The second kappa shape index (κ2) is 4.48. The van der Waals surface area contributed by atoms with Crippen molar-refractivity contribution in [2.75, 3.05) is 13.1 Å². The van der Waals surface area contributed by atoms with Crippen LogP contribution in [0.25, 0.3) is 0 Å². The fourth-order valence-electron chi connectivity index (χ4n) is 2.66. The monoisotopic (exact) mass is 239 g/mol. The summed E-state index contributed by atoms with van der Waals surface area (Å²) >= 11 is 0. The average molecular weight is 239 g/mol. The molecule has 17 heavy (non-hydrogen) atoms. The number of nitrogens with one attached hydrogen (secondary N) is 1. The first-order valence-corrected chi connectivity index (χ1v) is 6.72. The quantitative estimate of drug-likeness (QED) is 0.729. The Morgan fingerprint density at radius 1 is 1.35 bits per heavy atom. The summed E-state index contributed by atoms with van der Waals surface area (Å²) < 4.78 is 0. The second-order valence-electron chi connectivity index (χ2n) is 6.34. The van der Waals surface area contributed by atoms with Crippen LogP contribution >= 0.6 is 0 Å². The lowest BCUT2D eigenvalue weighted by Crippen LogP contribution is -2.66. The molecule has 0 aromatic rings. The number of carbonyl (C=O) groups is 1.